The number of nitrogens with two attached hydrogens (primary N) is 1. The van der Waals surface area contributed by atoms with E-state index in [1.807, 2.05) is 0 Å². The fourth-order valence-electron chi connectivity index (χ4n) is 4.72. The van der Waals surface area contributed by atoms with Gasteiger partial charge in [-0.2, -0.15) is 0 Å². The zero-order chi connectivity index (χ0) is 23.0. The summed E-state index contributed by atoms with van der Waals surface area (Å²) in [5.41, 5.74) is 7.46. The minimum absolute atomic E-state index is 0.0536. The van der Waals surface area contributed by atoms with Gasteiger partial charge in [0.25, 0.3) is 0 Å². The Kier molecular flexibility index (Phi) is 6.72. The van der Waals surface area contributed by atoms with Gasteiger partial charge in [-0.25, -0.2) is 9.97 Å². The van der Waals surface area contributed by atoms with Crippen molar-refractivity contribution in [1.82, 2.24) is 19.8 Å². The molecule has 3 heterocycles. The molecule has 1 aliphatic heterocycles. The SMILES string of the molecule is CC1CCc2c(sc3nc(CN4CC(COCC(=O)N(C)C)OC(C)(C)C4)nc(N)c23)C1. The molecule has 0 radical (unpaired) electrons. The largest absolute Gasteiger partial charge is 0.383 e. The van der Waals surface area contributed by atoms with Crippen LogP contribution in [0.5, 0.6) is 0 Å². The first-order valence-corrected chi connectivity index (χ1v) is 12.2. The van der Waals surface area contributed by atoms with Crippen LogP contribution in [0.1, 0.15) is 43.5 Å². The number of anilines is 1. The highest BCUT2D eigenvalue weighted by Crippen LogP contribution is 2.39. The number of rotatable bonds is 6. The molecular weight excluding hydrogens is 426 g/mol. The van der Waals surface area contributed by atoms with Crippen molar-refractivity contribution in [3.8, 4) is 0 Å². The molecule has 9 heteroatoms. The van der Waals surface area contributed by atoms with Gasteiger partial charge in [0.2, 0.25) is 5.91 Å². The number of thiophene rings is 1. The van der Waals surface area contributed by atoms with E-state index in [2.05, 4.69) is 30.7 Å². The maximum absolute atomic E-state index is 11.8. The van der Waals surface area contributed by atoms with Gasteiger partial charge in [-0.1, -0.05) is 6.92 Å². The van der Waals surface area contributed by atoms with Gasteiger partial charge >= 0.3 is 0 Å². The number of aryl methyl sites for hydroxylation is 1. The van der Waals surface area contributed by atoms with Crippen molar-refractivity contribution in [2.45, 2.75) is 58.3 Å². The number of ether oxygens (including phenoxy) is 2. The van der Waals surface area contributed by atoms with Crippen LogP contribution < -0.4 is 5.73 Å². The first-order valence-electron chi connectivity index (χ1n) is 11.4. The van der Waals surface area contributed by atoms with Gasteiger partial charge in [0.1, 0.15) is 23.1 Å². The van der Waals surface area contributed by atoms with Gasteiger partial charge in [0.05, 0.1) is 30.2 Å². The van der Waals surface area contributed by atoms with Crippen LogP contribution in [-0.2, 0) is 33.7 Å². The van der Waals surface area contributed by atoms with E-state index < -0.39 is 0 Å². The predicted molar refractivity (Wildman–Crippen MR) is 127 cm³/mol. The van der Waals surface area contributed by atoms with Crippen LogP contribution in [0.15, 0.2) is 0 Å². The normalized spacial score (nSPS) is 23.3. The first kappa shape index (κ1) is 23.4. The Morgan fingerprint density at radius 2 is 2.16 bits per heavy atom. The van der Waals surface area contributed by atoms with E-state index in [0.717, 1.165) is 35.4 Å². The Labute approximate surface area is 194 Å². The summed E-state index contributed by atoms with van der Waals surface area (Å²) in [7, 11) is 3.45. The fourth-order valence-corrected chi connectivity index (χ4v) is 6.13. The summed E-state index contributed by atoms with van der Waals surface area (Å²) in [6.07, 6.45) is 3.26. The van der Waals surface area contributed by atoms with Crippen LogP contribution >= 0.6 is 11.3 Å². The lowest BCUT2D eigenvalue weighted by atomic mass is 9.89. The summed E-state index contributed by atoms with van der Waals surface area (Å²) < 4.78 is 11.8. The van der Waals surface area contributed by atoms with Crippen LogP contribution in [0.2, 0.25) is 0 Å². The van der Waals surface area contributed by atoms with Gasteiger partial charge in [0, 0.05) is 32.1 Å². The third kappa shape index (κ3) is 5.22. The lowest BCUT2D eigenvalue weighted by Crippen LogP contribution is -2.53. The summed E-state index contributed by atoms with van der Waals surface area (Å²) in [5.74, 6) is 2.02. The summed E-state index contributed by atoms with van der Waals surface area (Å²) in [6, 6.07) is 0. The van der Waals surface area contributed by atoms with Crippen LogP contribution in [-0.4, -0.2) is 77.8 Å². The van der Waals surface area contributed by atoms with Crippen LogP contribution in [0, 0.1) is 5.92 Å². The fraction of sp³-hybridized carbons (Fsp3) is 0.696. The number of carbonyl (C=O) groups is 1. The molecule has 8 nitrogen and oxygen atoms in total. The Morgan fingerprint density at radius 1 is 1.38 bits per heavy atom. The highest BCUT2D eigenvalue weighted by molar-refractivity contribution is 7.19. The summed E-state index contributed by atoms with van der Waals surface area (Å²) in [5, 5.41) is 1.07. The van der Waals surface area contributed by atoms with Crippen molar-refractivity contribution in [3.05, 3.63) is 16.3 Å². The third-order valence-electron chi connectivity index (χ3n) is 6.17. The minimum Gasteiger partial charge on any atom is -0.383 e. The van der Waals surface area contributed by atoms with Crippen molar-refractivity contribution >= 4 is 33.3 Å². The van der Waals surface area contributed by atoms with Crippen molar-refractivity contribution in [2.75, 3.05) is 46.1 Å². The van der Waals surface area contributed by atoms with Crippen molar-refractivity contribution in [2.24, 2.45) is 5.92 Å². The molecule has 2 aromatic heterocycles. The Bertz CT molecular complexity index is 990. The Balaban J connectivity index is 1.46. The molecule has 0 bridgehead atoms. The van der Waals surface area contributed by atoms with Gasteiger partial charge in [-0.15, -0.1) is 11.3 Å². The first-order chi connectivity index (χ1) is 15.1. The molecule has 0 aromatic carbocycles. The number of likely N-dealkylation sites (N-methyl/N-ethyl adjacent to an activating group) is 1. The van der Waals surface area contributed by atoms with E-state index in [0.29, 0.717) is 31.4 Å². The maximum Gasteiger partial charge on any atom is 0.248 e. The molecule has 2 aromatic rings. The molecule has 0 saturated carbocycles. The maximum atomic E-state index is 11.8. The van der Waals surface area contributed by atoms with Crippen LogP contribution in [0.25, 0.3) is 10.2 Å². The monoisotopic (exact) mass is 461 g/mol. The standard InChI is InChI=1S/C23H35N5O3S/c1-14-6-7-16-17(8-14)32-22-20(16)21(24)25-18(26-22)10-28-9-15(31-23(2,3)13-28)11-30-12-19(29)27(4)5/h14-15H,6-13H2,1-5H3,(H2,24,25,26). The zero-order valence-electron chi connectivity index (χ0n) is 19.8. The van der Waals surface area contributed by atoms with E-state index in [1.54, 1.807) is 25.4 Å². The molecule has 2 atom stereocenters. The van der Waals surface area contributed by atoms with Crippen molar-refractivity contribution in [1.29, 1.82) is 0 Å². The van der Waals surface area contributed by atoms with Gasteiger partial charge in [-0.05, 0) is 44.6 Å². The van der Waals surface area contributed by atoms with Gasteiger partial charge in [-0.3, -0.25) is 9.69 Å². The molecule has 1 amide bonds. The molecule has 176 valence electrons. The average Bonchev–Trinajstić information content (AvgIpc) is 3.04. The lowest BCUT2D eigenvalue weighted by molar-refractivity contribution is -0.161. The number of amides is 1. The van der Waals surface area contributed by atoms with E-state index >= 15 is 0 Å². The molecule has 4 rings (SSSR count). The number of nitrogen functional groups attached to an aromatic ring is 1. The quantitative estimate of drug-likeness (QED) is 0.706. The second-order valence-corrected chi connectivity index (χ2v) is 11.1. The second kappa shape index (κ2) is 9.21. The van der Waals surface area contributed by atoms with Gasteiger partial charge < -0.3 is 20.1 Å². The number of aromatic nitrogens is 2. The molecule has 2 unspecified atom stereocenters. The van der Waals surface area contributed by atoms with E-state index in [4.69, 9.17) is 20.2 Å². The molecule has 1 fully saturated rings. The molecule has 1 saturated heterocycles. The molecular formula is C23H35N5O3S. The smallest absolute Gasteiger partial charge is 0.248 e. The Morgan fingerprint density at radius 3 is 2.91 bits per heavy atom. The van der Waals surface area contributed by atoms with E-state index in [1.165, 1.54) is 21.8 Å². The zero-order valence-corrected chi connectivity index (χ0v) is 20.6. The highest BCUT2D eigenvalue weighted by Gasteiger charge is 2.34. The van der Waals surface area contributed by atoms with Crippen molar-refractivity contribution < 1.29 is 14.3 Å². The van der Waals surface area contributed by atoms with Crippen LogP contribution in [0.4, 0.5) is 5.82 Å². The van der Waals surface area contributed by atoms with Crippen LogP contribution in [0.3, 0.4) is 0 Å². The number of morpholine rings is 1. The summed E-state index contributed by atoms with van der Waals surface area (Å²) >= 11 is 1.78. The van der Waals surface area contributed by atoms with Gasteiger partial charge in [0.15, 0.2) is 0 Å². The number of nitrogens with zero attached hydrogens (tertiary/aromatic N) is 4. The highest BCUT2D eigenvalue weighted by atomic mass is 32.1. The summed E-state index contributed by atoms with van der Waals surface area (Å²) in [4.78, 5) is 27.6. The average molecular weight is 462 g/mol. The second-order valence-electron chi connectivity index (χ2n) is 10.0. The molecule has 2 N–H and O–H groups in total. The molecule has 0 spiro atoms. The predicted octanol–water partition coefficient (Wildman–Crippen LogP) is 2.48. The number of fused-ring (bicyclic) bond motifs is 3. The molecule has 1 aliphatic carbocycles. The summed E-state index contributed by atoms with van der Waals surface area (Å²) in [6.45, 7) is 8.96. The number of hydrogen-bond donors (Lipinski definition) is 1. The number of hydrogen-bond acceptors (Lipinski definition) is 8. The minimum atomic E-state index is -0.328. The third-order valence-corrected chi connectivity index (χ3v) is 7.32. The lowest BCUT2D eigenvalue weighted by Gasteiger charge is -2.42. The molecule has 32 heavy (non-hydrogen) atoms. The topological polar surface area (TPSA) is 93.8 Å². The number of carbonyl (C=O) groups excluding carboxylic acids is 1. The molecule has 2 aliphatic rings. The van der Waals surface area contributed by atoms with Crippen molar-refractivity contribution in [3.63, 3.8) is 0 Å². The van der Waals surface area contributed by atoms with E-state index in [-0.39, 0.29) is 24.2 Å². The van der Waals surface area contributed by atoms with E-state index in [9.17, 15) is 4.79 Å². The Hall–Kier alpha value is -1.81.